The first-order valence-electron chi connectivity index (χ1n) is 4.77. The highest BCUT2D eigenvalue weighted by atomic mass is 16.8. The van der Waals surface area contributed by atoms with Crippen LogP contribution in [0.4, 0.5) is 0 Å². The van der Waals surface area contributed by atoms with Gasteiger partial charge in [0, 0.05) is 0 Å². The van der Waals surface area contributed by atoms with Crippen molar-refractivity contribution in [3.63, 3.8) is 0 Å². The van der Waals surface area contributed by atoms with Gasteiger partial charge in [0.2, 0.25) is 0 Å². The Morgan fingerprint density at radius 1 is 1.43 bits per heavy atom. The van der Waals surface area contributed by atoms with Crippen LogP contribution in [0.2, 0.25) is 0 Å². The quantitative estimate of drug-likeness (QED) is 0.698. The van der Waals surface area contributed by atoms with E-state index >= 15 is 0 Å². The Kier molecular flexibility index (Phi) is 3.48. The number of hydrogen-bond acceptors (Lipinski definition) is 3. The van der Waals surface area contributed by atoms with Crippen LogP contribution < -0.4 is 0 Å². The van der Waals surface area contributed by atoms with Crippen LogP contribution in [0.3, 0.4) is 0 Å². The second-order valence-corrected chi connectivity index (χ2v) is 3.89. The molecule has 1 aliphatic heterocycles. The minimum Gasteiger partial charge on any atom is -0.390 e. The number of rotatable bonds is 4. The van der Waals surface area contributed by atoms with Crippen molar-refractivity contribution in [1.82, 2.24) is 0 Å². The van der Waals surface area contributed by atoms with Crippen molar-refractivity contribution in [2.45, 2.75) is 44.4 Å². The third-order valence-electron chi connectivity index (χ3n) is 2.18. The summed E-state index contributed by atoms with van der Waals surface area (Å²) in [5.74, 6) is -0.647. The third kappa shape index (κ3) is 2.44. The average molecular weight is 198 g/mol. The van der Waals surface area contributed by atoms with Gasteiger partial charge in [-0.15, -0.1) is 13.2 Å². The van der Waals surface area contributed by atoms with Gasteiger partial charge in [0.25, 0.3) is 0 Å². The summed E-state index contributed by atoms with van der Waals surface area (Å²) in [6.07, 6.45) is 2.64. The highest BCUT2D eigenvalue weighted by Gasteiger charge is 2.42. The van der Waals surface area contributed by atoms with E-state index in [0.717, 1.165) is 0 Å². The molecule has 3 heteroatoms. The number of aliphatic hydroxyl groups is 1. The standard InChI is InChI=1S/C11H18O3/c1-5-7-8(12)10-9(6-2)13-11(3,4)14-10/h5-6,8-10,12H,1-2,7H2,3-4H3/t8-,9+,10-/m1/s1. The summed E-state index contributed by atoms with van der Waals surface area (Å²) < 4.78 is 11.1. The van der Waals surface area contributed by atoms with E-state index in [-0.39, 0.29) is 12.2 Å². The molecule has 0 radical (unpaired) electrons. The zero-order chi connectivity index (χ0) is 10.8. The molecule has 0 amide bonds. The third-order valence-corrected chi connectivity index (χ3v) is 2.18. The maximum Gasteiger partial charge on any atom is 0.164 e. The molecule has 0 spiro atoms. The van der Waals surface area contributed by atoms with Crippen LogP contribution in [-0.4, -0.2) is 29.2 Å². The Morgan fingerprint density at radius 3 is 2.57 bits per heavy atom. The summed E-state index contributed by atoms with van der Waals surface area (Å²) in [7, 11) is 0. The molecule has 0 aliphatic carbocycles. The molecule has 1 rings (SSSR count). The van der Waals surface area contributed by atoms with Crippen LogP contribution in [0, 0.1) is 0 Å². The van der Waals surface area contributed by atoms with Crippen molar-refractivity contribution in [3.8, 4) is 0 Å². The number of hydrogen-bond donors (Lipinski definition) is 1. The van der Waals surface area contributed by atoms with Gasteiger partial charge in [0.15, 0.2) is 5.79 Å². The predicted octanol–water partition coefficient (Wildman–Crippen LogP) is 1.63. The lowest BCUT2D eigenvalue weighted by Crippen LogP contribution is -2.34. The molecule has 1 aliphatic rings. The predicted molar refractivity (Wildman–Crippen MR) is 54.8 cm³/mol. The van der Waals surface area contributed by atoms with Gasteiger partial charge in [-0.25, -0.2) is 0 Å². The first kappa shape index (κ1) is 11.4. The fraction of sp³-hybridized carbons (Fsp3) is 0.636. The normalized spacial score (nSPS) is 32.5. The summed E-state index contributed by atoms with van der Waals surface area (Å²) in [6.45, 7) is 10.9. The summed E-state index contributed by atoms with van der Waals surface area (Å²) >= 11 is 0. The molecular formula is C11H18O3. The highest BCUT2D eigenvalue weighted by molar-refractivity contribution is 4.97. The van der Waals surface area contributed by atoms with Gasteiger partial charge in [0.05, 0.1) is 6.10 Å². The topological polar surface area (TPSA) is 38.7 Å². The molecule has 0 saturated carbocycles. The number of aliphatic hydroxyl groups excluding tert-OH is 1. The second-order valence-electron chi connectivity index (χ2n) is 3.89. The van der Waals surface area contributed by atoms with Crippen molar-refractivity contribution in [2.75, 3.05) is 0 Å². The summed E-state index contributed by atoms with van der Waals surface area (Å²) in [5, 5.41) is 9.76. The fourth-order valence-corrected chi connectivity index (χ4v) is 1.60. The van der Waals surface area contributed by atoms with Crippen molar-refractivity contribution in [3.05, 3.63) is 25.3 Å². The van der Waals surface area contributed by atoms with Gasteiger partial charge < -0.3 is 14.6 Å². The molecule has 0 aromatic carbocycles. The molecule has 1 fully saturated rings. The van der Waals surface area contributed by atoms with Gasteiger partial charge in [-0.05, 0) is 20.3 Å². The maximum absolute atomic E-state index is 9.76. The lowest BCUT2D eigenvalue weighted by atomic mass is 10.1. The molecule has 0 aromatic heterocycles. The van der Waals surface area contributed by atoms with Gasteiger partial charge in [0.1, 0.15) is 12.2 Å². The Balaban J connectivity index is 2.67. The minimum absolute atomic E-state index is 0.250. The molecule has 3 atom stereocenters. The smallest absolute Gasteiger partial charge is 0.164 e. The van der Waals surface area contributed by atoms with Crippen LogP contribution in [0.5, 0.6) is 0 Å². The van der Waals surface area contributed by atoms with Crippen LogP contribution in [0.15, 0.2) is 25.3 Å². The van der Waals surface area contributed by atoms with Crippen molar-refractivity contribution in [2.24, 2.45) is 0 Å². The van der Waals surface area contributed by atoms with Gasteiger partial charge in [-0.3, -0.25) is 0 Å². The van der Waals surface area contributed by atoms with Crippen molar-refractivity contribution >= 4 is 0 Å². The van der Waals surface area contributed by atoms with E-state index < -0.39 is 11.9 Å². The van der Waals surface area contributed by atoms with Crippen molar-refractivity contribution in [1.29, 1.82) is 0 Å². The lowest BCUT2D eigenvalue weighted by molar-refractivity contribution is -0.153. The molecule has 0 unspecified atom stereocenters. The Labute approximate surface area is 85.0 Å². The van der Waals surface area contributed by atoms with Gasteiger partial charge in [-0.1, -0.05) is 12.2 Å². The molecule has 0 bridgehead atoms. The summed E-state index contributed by atoms with van der Waals surface area (Å²) in [5.41, 5.74) is 0. The van der Waals surface area contributed by atoms with E-state index in [1.807, 2.05) is 13.8 Å². The molecule has 1 heterocycles. The van der Waals surface area contributed by atoms with Gasteiger partial charge >= 0.3 is 0 Å². The monoisotopic (exact) mass is 198 g/mol. The molecule has 80 valence electrons. The van der Waals surface area contributed by atoms with Crippen LogP contribution in [-0.2, 0) is 9.47 Å². The SMILES string of the molecule is C=CC[C@@H](O)[C@H]1OC(C)(C)O[C@H]1C=C. The highest BCUT2D eigenvalue weighted by Crippen LogP contribution is 2.31. The summed E-state index contributed by atoms with van der Waals surface area (Å²) in [6, 6.07) is 0. The fourth-order valence-electron chi connectivity index (χ4n) is 1.60. The first-order chi connectivity index (χ1) is 6.50. The van der Waals surface area contributed by atoms with E-state index in [0.29, 0.717) is 6.42 Å². The molecule has 1 saturated heterocycles. The largest absolute Gasteiger partial charge is 0.390 e. The van der Waals surface area contributed by atoms with E-state index in [9.17, 15) is 5.11 Å². The first-order valence-corrected chi connectivity index (χ1v) is 4.77. The Morgan fingerprint density at radius 2 is 2.07 bits per heavy atom. The van der Waals surface area contributed by atoms with Crippen LogP contribution in [0.25, 0.3) is 0 Å². The van der Waals surface area contributed by atoms with Crippen LogP contribution >= 0.6 is 0 Å². The Hall–Kier alpha value is -0.640. The number of ether oxygens (including phenoxy) is 2. The van der Waals surface area contributed by atoms with Crippen molar-refractivity contribution < 1.29 is 14.6 Å². The van der Waals surface area contributed by atoms with E-state index in [4.69, 9.17) is 9.47 Å². The Bertz CT molecular complexity index is 223. The zero-order valence-corrected chi connectivity index (χ0v) is 8.77. The second kappa shape index (κ2) is 4.26. The lowest BCUT2D eigenvalue weighted by Gasteiger charge is -2.20. The molecule has 14 heavy (non-hydrogen) atoms. The molecule has 3 nitrogen and oxygen atoms in total. The van der Waals surface area contributed by atoms with E-state index in [1.165, 1.54) is 0 Å². The zero-order valence-electron chi connectivity index (χ0n) is 8.77. The maximum atomic E-state index is 9.76. The van der Waals surface area contributed by atoms with Crippen LogP contribution in [0.1, 0.15) is 20.3 Å². The van der Waals surface area contributed by atoms with E-state index in [2.05, 4.69) is 13.2 Å². The molecule has 0 aromatic rings. The minimum atomic E-state index is -0.647. The van der Waals surface area contributed by atoms with Gasteiger partial charge in [-0.2, -0.15) is 0 Å². The average Bonchev–Trinajstić information content (AvgIpc) is 2.41. The van der Waals surface area contributed by atoms with E-state index in [1.54, 1.807) is 12.2 Å². The summed E-state index contributed by atoms with van der Waals surface area (Å²) in [4.78, 5) is 0. The molecular weight excluding hydrogens is 180 g/mol. The molecule has 1 N–H and O–H groups in total.